The Morgan fingerprint density at radius 2 is 2.00 bits per heavy atom. The fourth-order valence-electron chi connectivity index (χ4n) is 3.67. The Morgan fingerprint density at radius 3 is 2.71 bits per heavy atom. The highest BCUT2D eigenvalue weighted by Gasteiger charge is 2.51. The summed E-state index contributed by atoms with van der Waals surface area (Å²) in [5.41, 5.74) is 0. The summed E-state index contributed by atoms with van der Waals surface area (Å²) in [6.07, 6.45) is 6.35. The number of fused-ring (bicyclic) bond motifs is 2. The number of carboxylic acids is 1. The van der Waals surface area contributed by atoms with Gasteiger partial charge in [0.1, 0.15) is 0 Å². The van der Waals surface area contributed by atoms with E-state index in [0.717, 1.165) is 24.2 Å². The van der Waals surface area contributed by atoms with Crippen LogP contribution in [0, 0.1) is 17.8 Å². The van der Waals surface area contributed by atoms with Gasteiger partial charge in [-0.2, -0.15) is 0 Å². The quantitative estimate of drug-likeness (QED) is 0.811. The molecular weight excluding hydrogens is 288 g/mol. The van der Waals surface area contributed by atoms with Crippen LogP contribution < -0.4 is 5.32 Å². The topological polar surface area (TPSA) is 79.3 Å². The summed E-state index contributed by atoms with van der Waals surface area (Å²) in [6, 6.07) is 3.53. The smallest absolute Gasteiger partial charge is 0.308 e. The van der Waals surface area contributed by atoms with E-state index in [9.17, 15) is 14.7 Å². The molecule has 6 heteroatoms. The van der Waals surface area contributed by atoms with Crippen LogP contribution in [0.3, 0.4) is 0 Å². The molecule has 1 amide bonds. The Balaban J connectivity index is 1.56. The van der Waals surface area contributed by atoms with Gasteiger partial charge in [0.25, 0.3) is 0 Å². The van der Waals surface area contributed by atoms with Gasteiger partial charge in [0.2, 0.25) is 5.91 Å². The highest BCUT2D eigenvalue weighted by atomic mass is 32.2. The maximum Gasteiger partial charge on any atom is 0.308 e. The van der Waals surface area contributed by atoms with Gasteiger partial charge < -0.3 is 10.4 Å². The Morgan fingerprint density at radius 1 is 1.29 bits per heavy atom. The van der Waals surface area contributed by atoms with Gasteiger partial charge in [-0.25, -0.2) is 0 Å². The first-order chi connectivity index (χ1) is 10.1. The van der Waals surface area contributed by atoms with Crippen molar-refractivity contribution < 1.29 is 14.7 Å². The van der Waals surface area contributed by atoms with Gasteiger partial charge in [-0.15, -0.1) is 11.8 Å². The summed E-state index contributed by atoms with van der Waals surface area (Å²) in [5, 5.41) is 12.3. The van der Waals surface area contributed by atoms with Crippen molar-refractivity contribution in [3.8, 4) is 0 Å². The van der Waals surface area contributed by atoms with E-state index in [1.54, 1.807) is 12.4 Å². The summed E-state index contributed by atoms with van der Waals surface area (Å²) in [4.78, 5) is 28.4. The zero-order valence-corrected chi connectivity index (χ0v) is 12.4. The Kier molecular flexibility index (Phi) is 4.14. The van der Waals surface area contributed by atoms with Crippen molar-refractivity contribution in [1.29, 1.82) is 0 Å². The zero-order chi connectivity index (χ0) is 14.8. The highest BCUT2D eigenvalue weighted by molar-refractivity contribution is 8.00. The van der Waals surface area contributed by atoms with Crippen LogP contribution in [0.15, 0.2) is 29.4 Å². The van der Waals surface area contributed by atoms with Gasteiger partial charge >= 0.3 is 5.97 Å². The molecule has 1 heterocycles. The zero-order valence-electron chi connectivity index (χ0n) is 11.6. The molecule has 5 nitrogen and oxygen atoms in total. The molecule has 0 aromatic carbocycles. The summed E-state index contributed by atoms with van der Waals surface area (Å²) in [5.74, 6) is -0.366. The highest BCUT2D eigenvalue weighted by Crippen LogP contribution is 2.48. The minimum Gasteiger partial charge on any atom is -0.481 e. The number of nitrogens with zero attached hydrogens (tertiary/aromatic N) is 1. The number of amides is 1. The number of nitrogens with one attached hydrogen (secondary N) is 1. The van der Waals surface area contributed by atoms with Gasteiger partial charge in [-0.05, 0) is 43.2 Å². The average Bonchev–Trinajstić information content (AvgIpc) is 3.07. The van der Waals surface area contributed by atoms with Crippen molar-refractivity contribution in [1.82, 2.24) is 10.3 Å². The van der Waals surface area contributed by atoms with Crippen LogP contribution in [0.4, 0.5) is 0 Å². The van der Waals surface area contributed by atoms with Crippen LogP contribution in [0.1, 0.15) is 19.3 Å². The van der Waals surface area contributed by atoms with E-state index in [4.69, 9.17) is 0 Å². The molecule has 0 saturated heterocycles. The molecule has 4 atom stereocenters. The fourth-order valence-corrected chi connectivity index (χ4v) is 4.36. The lowest BCUT2D eigenvalue weighted by atomic mass is 9.84. The van der Waals surface area contributed by atoms with E-state index >= 15 is 0 Å². The number of thioether (sulfide) groups is 1. The average molecular weight is 306 g/mol. The maximum absolute atomic E-state index is 12.1. The molecule has 1 aromatic rings. The van der Waals surface area contributed by atoms with E-state index in [1.807, 2.05) is 12.1 Å². The minimum atomic E-state index is -0.769. The SMILES string of the molecule is O=C(CSc1ccncc1)NC1C2CCC(C2)C1C(=O)O. The van der Waals surface area contributed by atoms with Crippen LogP contribution in [0.2, 0.25) is 0 Å². The van der Waals surface area contributed by atoms with Gasteiger partial charge in [0.15, 0.2) is 0 Å². The second-order valence-corrected chi connectivity index (χ2v) is 6.81. The van der Waals surface area contributed by atoms with Crippen molar-refractivity contribution in [2.24, 2.45) is 17.8 Å². The molecule has 2 bridgehead atoms. The number of hydrogen-bond donors (Lipinski definition) is 2. The first-order valence-corrected chi connectivity index (χ1v) is 8.18. The van der Waals surface area contributed by atoms with Gasteiger partial charge in [0, 0.05) is 23.3 Å². The Bertz CT molecular complexity index is 537. The summed E-state index contributed by atoms with van der Waals surface area (Å²) in [7, 11) is 0. The van der Waals surface area contributed by atoms with Crippen LogP contribution in [-0.2, 0) is 9.59 Å². The monoisotopic (exact) mass is 306 g/mol. The molecule has 21 heavy (non-hydrogen) atoms. The Labute approximate surface area is 127 Å². The molecule has 3 rings (SSSR count). The van der Waals surface area contributed by atoms with E-state index < -0.39 is 11.9 Å². The second kappa shape index (κ2) is 6.05. The van der Waals surface area contributed by atoms with Crippen molar-refractivity contribution in [3.63, 3.8) is 0 Å². The number of aromatic nitrogens is 1. The number of carboxylic acid groups (broad SMARTS) is 1. The molecule has 2 N–H and O–H groups in total. The molecule has 2 aliphatic rings. The molecule has 1 aromatic heterocycles. The summed E-state index contributed by atoms with van der Waals surface area (Å²) < 4.78 is 0. The first-order valence-electron chi connectivity index (χ1n) is 7.20. The largest absolute Gasteiger partial charge is 0.481 e. The molecule has 4 unspecified atom stereocenters. The number of aliphatic carboxylic acids is 1. The standard InChI is InChI=1S/C15H18N2O3S/c18-12(8-21-11-3-5-16-6-4-11)17-14-10-2-1-9(7-10)13(14)15(19)20/h3-6,9-10,13-14H,1-2,7-8H2,(H,17,18)(H,19,20). The van der Waals surface area contributed by atoms with E-state index in [2.05, 4.69) is 10.3 Å². The van der Waals surface area contributed by atoms with Crippen molar-refractivity contribution in [2.45, 2.75) is 30.2 Å². The Hall–Kier alpha value is -1.56. The lowest BCUT2D eigenvalue weighted by molar-refractivity contribution is -0.144. The maximum atomic E-state index is 12.1. The van der Waals surface area contributed by atoms with Gasteiger partial charge in [0.05, 0.1) is 11.7 Å². The third-order valence-electron chi connectivity index (χ3n) is 4.55. The molecule has 2 saturated carbocycles. The normalized spacial score (nSPS) is 30.3. The molecule has 0 spiro atoms. The summed E-state index contributed by atoms with van der Waals surface area (Å²) >= 11 is 1.44. The lowest BCUT2D eigenvalue weighted by Crippen LogP contribution is -2.47. The second-order valence-electron chi connectivity index (χ2n) is 5.76. The van der Waals surface area contributed by atoms with E-state index in [1.165, 1.54) is 11.8 Å². The number of carbonyl (C=O) groups excluding carboxylic acids is 1. The predicted molar refractivity (Wildman–Crippen MR) is 78.8 cm³/mol. The number of carbonyl (C=O) groups is 2. The third kappa shape index (κ3) is 3.05. The van der Waals surface area contributed by atoms with Crippen molar-refractivity contribution >= 4 is 23.6 Å². The number of hydrogen-bond acceptors (Lipinski definition) is 4. The van der Waals surface area contributed by atoms with Crippen LogP contribution >= 0.6 is 11.8 Å². The third-order valence-corrected chi connectivity index (χ3v) is 5.56. The molecule has 2 aliphatic carbocycles. The van der Waals surface area contributed by atoms with E-state index in [0.29, 0.717) is 11.7 Å². The van der Waals surface area contributed by atoms with Crippen LogP contribution in [0.25, 0.3) is 0 Å². The number of pyridine rings is 1. The van der Waals surface area contributed by atoms with Crippen molar-refractivity contribution in [2.75, 3.05) is 5.75 Å². The first kappa shape index (κ1) is 14.4. The minimum absolute atomic E-state index is 0.0828. The molecule has 112 valence electrons. The fraction of sp³-hybridized carbons (Fsp3) is 0.533. The number of rotatable bonds is 5. The van der Waals surface area contributed by atoms with E-state index in [-0.39, 0.29) is 17.9 Å². The van der Waals surface area contributed by atoms with Gasteiger partial charge in [-0.1, -0.05) is 0 Å². The van der Waals surface area contributed by atoms with Gasteiger partial charge in [-0.3, -0.25) is 14.6 Å². The molecule has 0 aliphatic heterocycles. The molecular formula is C15H18N2O3S. The molecule has 0 radical (unpaired) electrons. The van der Waals surface area contributed by atoms with Crippen LogP contribution in [-0.4, -0.2) is 33.8 Å². The predicted octanol–water partition coefficient (Wildman–Crippen LogP) is 1.79. The lowest BCUT2D eigenvalue weighted by Gasteiger charge is -2.28. The molecule has 2 fully saturated rings. The van der Waals surface area contributed by atoms with Crippen LogP contribution in [0.5, 0.6) is 0 Å². The summed E-state index contributed by atoms with van der Waals surface area (Å²) in [6.45, 7) is 0. The van der Waals surface area contributed by atoms with Crippen molar-refractivity contribution in [3.05, 3.63) is 24.5 Å².